The maximum atomic E-state index is 9.82. The van der Waals surface area contributed by atoms with Crippen molar-refractivity contribution in [3.8, 4) is 17.2 Å². The predicted octanol–water partition coefficient (Wildman–Crippen LogP) is 0.574. The monoisotopic (exact) mass is 225 g/mol. The third kappa shape index (κ3) is 1.91. The highest BCUT2D eigenvalue weighted by Gasteiger charge is 2.36. The molecule has 0 bridgehead atoms. The molecule has 1 fully saturated rings. The van der Waals surface area contributed by atoms with Gasteiger partial charge in [0.05, 0.1) is 17.7 Å². The lowest BCUT2D eigenvalue weighted by Gasteiger charge is -2.20. The molecule has 0 aliphatic heterocycles. The lowest BCUT2D eigenvalue weighted by Crippen LogP contribution is -2.28. The Hall–Kier alpha value is -1.46. The molecule has 2 atom stereocenters. The van der Waals surface area contributed by atoms with Crippen molar-refractivity contribution >= 4 is 0 Å². The van der Waals surface area contributed by atoms with E-state index in [0.29, 0.717) is 0 Å². The number of phenolic OH excluding ortho intramolecular Hbond substituents is 3. The number of aliphatic hydroxyl groups excluding tert-OH is 1. The van der Waals surface area contributed by atoms with Crippen molar-refractivity contribution in [3.63, 3.8) is 0 Å². The van der Waals surface area contributed by atoms with Crippen LogP contribution in [-0.2, 0) is 0 Å². The van der Waals surface area contributed by atoms with Crippen LogP contribution in [0.5, 0.6) is 17.2 Å². The molecule has 0 radical (unpaired) electrons. The molecule has 1 aromatic rings. The van der Waals surface area contributed by atoms with Gasteiger partial charge in [-0.15, -0.1) is 0 Å². The summed E-state index contributed by atoms with van der Waals surface area (Å²) < 4.78 is 0. The largest absolute Gasteiger partial charge is 0.508 e. The molecule has 1 aliphatic rings. The Morgan fingerprint density at radius 1 is 1.12 bits per heavy atom. The van der Waals surface area contributed by atoms with Crippen molar-refractivity contribution in [1.82, 2.24) is 0 Å². The van der Waals surface area contributed by atoms with Crippen molar-refractivity contribution in [2.24, 2.45) is 11.7 Å². The second kappa shape index (κ2) is 3.84. The first-order valence-electron chi connectivity index (χ1n) is 5.19. The van der Waals surface area contributed by atoms with Gasteiger partial charge in [0.15, 0.2) is 0 Å². The van der Waals surface area contributed by atoms with Crippen molar-refractivity contribution in [2.75, 3.05) is 0 Å². The number of aromatic hydroxyl groups is 3. The minimum absolute atomic E-state index is 0.0807. The molecular weight excluding hydrogens is 210 g/mol. The Labute approximate surface area is 92.8 Å². The van der Waals surface area contributed by atoms with Crippen molar-refractivity contribution in [1.29, 1.82) is 0 Å². The highest BCUT2D eigenvalue weighted by molar-refractivity contribution is 5.50. The van der Waals surface area contributed by atoms with Crippen LogP contribution in [0.25, 0.3) is 0 Å². The Bertz CT molecular complexity index is 380. The number of nitrogens with two attached hydrogens (primary N) is 1. The zero-order valence-electron chi connectivity index (χ0n) is 8.67. The summed E-state index contributed by atoms with van der Waals surface area (Å²) in [5.41, 5.74) is 5.86. The summed E-state index contributed by atoms with van der Waals surface area (Å²) in [6.45, 7) is 0. The fourth-order valence-electron chi connectivity index (χ4n) is 1.85. The summed E-state index contributed by atoms with van der Waals surface area (Å²) in [5, 5.41) is 38.1. The molecule has 1 saturated carbocycles. The van der Waals surface area contributed by atoms with Crippen molar-refractivity contribution in [2.45, 2.75) is 25.0 Å². The average Bonchev–Trinajstić information content (AvgIpc) is 2.97. The summed E-state index contributed by atoms with van der Waals surface area (Å²) >= 11 is 0. The Morgan fingerprint density at radius 2 is 1.62 bits per heavy atom. The molecule has 0 amide bonds. The Morgan fingerprint density at radius 3 is 2.06 bits per heavy atom. The predicted molar refractivity (Wildman–Crippen MR) is 57.1 cm³/mol. The first-order chi connectivity index (χ1) is 7.50. The third-order valence-corrected chi connectivity index (χ3v) is 2.93. The number of benzene rings is 1. The first-order valence-corrected chi connectivity index (χ1v) is 5.19. The lowest BCUT2D eigenvalue weighted by molar-refractivity contribution is 0.120. The van der Waals surface area contributed by atoms with Gasteiger partial charge in [-0.3, -0.25) is 0 Å². The van der Waals surface area contributed by atoms with E-state index in [2.05, 4.69) is 0 Å². The van der Waals surface area contributed by atoms with E-state index in [0.717, 1.165) is 25.0 Å². The molecule has 1 aliphatic carbocycles. The van der Waals surface area contributed by atoms with Crippen LogP contribution >= 0.6 is 0 Å². The highest BCUT2D eigenvalue weighted by atomic mass is 16.3. The van der Waals surface area contributed by atoms with E-state index in [1.165, 1.54) is 0 Å². The van der Waals surface area contributed by atoms with Crippen LogP contribution in [-0.4, -0.2) is 26.5 Å². The summed E-state index contributed by atoms with van der Waals surface area (Å²) in [7, 11) is 0. The fraction of sp³-hybridized carbons (Fsp3) is 0.455. The van der Waals surface area contributed by atoms with Gasteiger partial charge in [0.2, 0.25) is 0 Å². The van der Waals surface area contributed by atoms with Crippen LogP contribution < -0.4 is 5.73 Å². The number of phenols is 3. The quantitative estimate of drug-likeness (QED) is 0.517. The van der Waals surface area contributed by atoms with E-state index in [-0.39, 0.29) is 28.7 Å². The van der Waals surface area contributed by atoms with Crippen LogP contribution in [0.15, 0.2) is 12.1 Å². The second-order valence-electron chi connectivity index (χ2n) is 4.25. The molecule has 16 heavy (non-hydrogen) atoms. The molecule has 5 nitrogen and oxygen atoms in total. The topological polar surface area (TPSA) is 107 Å². The standard InChI is InChI=1S/C11H15NO4/c12-10(11(16)5-1-2-5)9-7(14)3-6(13)4-8(9)15/h3-5,10-11,13-16H,1-2,12H2/t10-,11+/m1/s1. The smallest absolute Gasteiger partial charge is 0.127 e. The molecule has 88 valence electrons. The molecule has 0 spiro atoms. The summed E-state index contributed by atoms with van der Waals surface area (Å²) in [4.78, 5) is 0. The van der Waals surface area contributed by atoms with Gasteiger partial charge in [-0.1, -0.05) is 0 Å². The van der Waals surface area contributed by atoms with Crippen molar-refractivity contribution < 1.29 is 20.4 Å². The van der Waals surface area contributed by atoms with Gasteiger partial charge in [0.1, 0.15) is 17.2 Å². The Kier molecular flexibility index (Phi) is 2.65. The number of hydrogen-bond donors (Lipinski definition) is 5. The van der Waals surface area contributed by atoms with E-state index in [4.69, 9.17) is 10.8 Å². The highest BCUT2D eigenvalue weighted by Crippen LogP contribution is 2.42. The average molecular weight is 225 g/mol. The molecular formula is C11H15NO4. The van der Waals surface area contributed by atoms with Gasteiger partial charge < -0.3 is 26.2 Å². The summed E-state index contributed by atoms with van der Waals surface area (Å²) in [5.74, 6) is -0.705. The van der Waals surface area contributed by atoms with Gasteiger partial charge in [0.25, 0.3) is 0 Å². The minimum atomic E-state index is -0.840. The van der Waals surface area contributed by atoms with Crippen molar-refractivity contribution in [3.05, 3.63) is 17.7 Å². The molecule has 2 rings (SSSR count). The van der Waals surface area contributed by atoms with Gasteiger partial charge in [0, 0.05) is 12.1 Å². The van der Waals surface area contributed by atoms with Crippen LogP contribution in [0, 0.1) is 5.92 Å². The third-order valence-electron chi connectivity index (χ3n) is 2.93. The zero-order valence-corrected chi connectivity index (χ0v) is 8.67. The van der Waals surface area contributed by atoms with Gasteiger partial charge in [-0.25, -0.2) is 0 Å². The molecule has 0 heterocycles. The molecule has 6 N–H and O–H groups in total. The molecule has 5 heteroatoms. The molecule has 0 unspecified atom stereocenters. The maximum Gasteiger partial charge on any atom is 0.127 e. The van der Waals surface area contributed by atoms with E-state index < -0.39 is 12.1 Å². The number of rotatable bonds is 3. The van der Waals surface area contributed by atoms with Crippen LogP contribution in [0.3, 0.4) is 0 Å². The number of hydrogen-bond acceptors (Lipinski definition) is 5. The van der Waals surface area contributed by atoms with Crippen LogP contribution in [0.4, 0.5) is 0 Å². The SMILES string of the molecule is N[C@H](c1c(O)cc(O)cc1O)[C@@H](O)C1CC1. The zero-order chi connectivity index (χ0) is 11.9. The first kappa shape index (κ1) is 11.0. The lowest BCUT2D eigenvalue weighted by atomic mass is 9.97. The molecule has 1 aromatic carbocycles. The van der Waals surface area contributed by atoms with E-state index in [9.17, 15) is 15.3 Å². The maximum absolute atomic E-state index is 9.82. The Balaban J connectivity index is 2.31. The molecule has 0 aromatic heterocycles. The summed E-state index contributed by atoms with van der Waals surface area (Å²) in [6, 6.07) is 1.34. The second-order valence-corrected chi connectivity index (χ2v) is 4.25. The van der Waals surface area contributed by atoms with Gasteiger partial charge in [-0.2, -0.15) is 0 Å². The normalized spacial score (nSPS) is 19.4. The molecule has 0 saturated heterocycles. The minimum Gasteiger partial charge on any atom is -0.508 e. The summed E-state index contributed by atoms with van der Waals surface area (Å²) in [6.07, 6.45) is 1.05. The van der Waals surface area contributed by atoms with Gasteiger partial charge >= 0.3 is 0 Å². The van der Waals surface area contributed by atoms with Gasteiger partial charge in [-0.05, 0) is 18.8 Å². The van der Waals surface area contributed by atoms with E-state index in [1.807, 2.05) is 0 Å². The number of aliphatic hydroxyl groups is 1. The fourth-order valence-corrected chi connectivity index (χ4v) is 1.85. The van der Waals surface area contributed by atoms with E-state index >= 15 is 0 Å². The van der Waals surface area contributed by atoms with Crippen LogP contribution in [0.2, 0.25) is 0 Å². The van der Waals surface area contributed by atoms with E-state index in [1.54, 1.807) is 0 Å². The van der Waals surface area contributed by atoms with Crippen LogP contribution in [0.1, 0.15) is 24.4 Å².